The number of anilines is 4. The number of carbonyl (C=O) groups is 2. The van der Waals surface area contributed by atoms with Crippen molar-refractivity contribution in [3.8, 4) is 5.75 Å². The van der Waals surface area contributed by atoms with Gasteiger partial charge in [0.15, 0.2) is 11.6 Å². The second kappa shape index (κ2) is 14.2. The van der Waals surface area contributed by atoms with Crippen LogP contribution in [0.4, 0.5) is 23.3 Å². The number of ether oxygens (including phenoxy) is 3. The maximum atomic E-state index is 11.7. The van der Waals surface area contributed by atoms with Crippen LogP contribution < -0.4 is 20.9 Å². The first-order chi connectivity index (χ1) is 20.8. The minimum absolute atomic E-state index is 0.266. The smallest absolute Gasteiger partial charge is 0.337 e. The Morgan fingerprint density at radius 2 is 1.09 bits per heavy atom. The zero-order valence-electron chi connectivity index (χ0n) is 24.3. The van der Waals surface area contributed by atoms with E-state index in [1.807, 2.05) is 38.1 Å². The summed E-state index contributed by atoms with van der Waals surface area (Å²) in [6.45, 7) is 3.65. The number of benzene rings is 3. The van der Waals surface area contributed by atoms with Crippen LogP contribution in [0, 0.1) is 0 Å². The summed E-state index contributed by atoms with van der Waals surface area (Å²) in [6.07, 6.45) is 0. The Bertz CT molecular complexity index is 1560. The molecule has 43 heavy (non-hydrogen) atoms. The van der Waals surface area contributed by atoms with E-state index in [4.69, 9.17) is 14.2 Å². The van der Waals surface area contributed by atoms with Gasteiger partial charge in [-0.05, 0) is 61.4 Å². The molecule has 0 spiro atoms. The lowest BCUT2D eigenvalue weighted by molar-refractivity contribution is 0.0592. The highest BCUT2D eigenvalue weighted by Gasteiger charge is 2.10. The van der Waals surface area contributed by atoms with E-state index in [0.717, 1.165) is 11.1 Å². The van der Waals surface area contributed by atoms with Crippen molar-refractivity contribution < 1.29 is 23.8 Å². The summed E-state index contributed by atoms with van der Waals surface area (Å²) < 4.78 is 15.0. The fraction of sp³-hybridized carbons (Fsp3) is 0.161. The second-order valence-corrected chi connectivity index (χ2v) is 9.04. The zero-order chi connectivity index (χ0) is 30.8. The summed E-state index contributed by atoms with van der Waals surface area (Å²) in [5, 5.41) is 12.1. The van der Waals surface area contributed by atoms with Crippen molar-refractivity contribution in [2.24, 2.45) is 10.2 Å². The lowest BCUT2D eigenvalue weighted by atomic mass is 10.1. The third kappa shape index (κ3) is 7.91. The summed E-state index contributed by atoms with van der Waals surface area (Å²) >= 11 is 0. The molecule has 0 bridgehead atoms. The molecule has 12 nitrogen and oxygen atoms in total. The van der Waals surface area contributed by atoms with Crippen molar-refractivity contribution in [2.45, 2.75) is 13.8 Å². The van der Waals surface area contributed by atoms with E-state index >= 15 is 0 Å². The quantitative estimate of drug-likeness (QED) is 0.118. The van der Waals surface area contributed by atoms with Crippen molar-refractivity contribution in [3.63, 3.8) is 0 Å². The van der Waals surface area contributed by atoms with Crippen LogP contribution in [0.2, 0.25) is 0 Å². The van der Waals surface area contributed by atoms with E-state index in [1.54, 1.807) is 61.7 Å². The van der Waals surface area contributed by atoms with Gasteiger partial charge in [-0.1, -0.05) is 36.4 Å². The lowest BCUT2D eigenvalue weighted by Crippen LogP contribution is -2.07. The lowest BCUT2D eigenvalue weighted by Gasteiger charge is -2.12. The normalized spacial score (nSPS) is 11.4. The van der Waals surface area contributed by atoms with Gasteiger partial charge >= 0.3 is 11.9 Å². The third-order valence-corrected chi connectivity index (χ3v) is 6.20. The van der Waals surface area contributed by atoms with Crippen LogP contribution in [-0.2, 0) is 9.47 Å². The molecule has 0 unspecified atom stereocenters. The second-order valence-electron chi connectivity index (χ2n) is 9.04. The number of nitrogens with zero attached hydrogens (tertiary/aromatic N) is 4. The molecule has 0 aliphatic heterocycles. The van der Waals surface area contributed by atoms with Gasteiger partial charge in [0.25, 0.3) is 0 Å². The molecule has 12 heteroatoms. The van der Waals surface area contributed by atoms with Crippen LogP contribution in [0.25, 0.3) is 0 Å². The molecular weight excluding hydrogens is 550 g/mol. The first-order valence-corrected chi connectivity index (χ1v) is 13.1. The fourth-order valence-corrected chi connectivity index (χ4v) is 3.83. The van der Waals surface area contributed by atoms with Gasteiger partial charge < -0.3 is 19.5 Å². The SMILES string of the molecule is COC(=O)c1ccc(C(C)=NNc2cc(NN=C(C)c3ccc(C(=O)OC)cc3)nc(Nc3ccccc3OC)n2)cc1. The number of hydrogen-bond donors (Lipinski definition) is 3. The van der Waals surface area contributed by atoms with Crippen LogP contribution in [-0.4, -0.2) is 54.7 Å². The topological polar surface area (TPSA) is 148 Å². The molecule has 1 heterocycles. The fourth-order valence-electron chi connectivity index (χ4n) is 3.83. The third-order valence-electron chi connectivity index (χ3n) is 6.20. The summed E-state index contributed by atoms with van der Waals surface area (Å²) in [4.78, 5) is 32.6. The van der Waals surface area contributed by atoms with E-state index in [1.165, 1.54) is 14.2 Å². The Balaban J connectivity index is 1.59. The maximum absolute atomic E-state index is 11.7. The minimum Gasteiger partial charge on any atom is -0.495 e. The van der Waals surface area contributed by atoms with E-state index in [2.05, 4.69) is 36.3 Å². The van der Waals surface area contributed by atoms with Crippen molar-refractivity contribution >= 4 is 46.6 Å². The molecule has 0 saturated heterocycles. The number of nitrogens with one attached hydrogen (secondary N) is 3. The summed E-state index contributed by atoms with van der Waals surface area (Å²) in [5.41, 5.74) is 10.4. The van der Waals surface area contributed by atoms with E-state index in [0.29, 0.717) is 45.6 Å². The average molecular weight is 582 g/mol. The molecule has 0 aliphatic rings. The first-order valence-electron chi connectivity index (χ1n) is 13.1. The highest BCUT2D eigenvalue weighted by atomic mass is 16.5. The highest BCUT2D eigenvalue weighted by Crippen LogP contribution is 2.27. The predicted octanol–water partition coefficient (Wildman–Crippen LogP) is 5.47. The average Bonchev–Trinajstić information content (AvgIpc) is 3.05. The zero-order valence-corrected chi connectivity index (χ0v) is 24.3. The van der Waals surface area contributed by atoms with Crippen LogP contribution >= 0.6 is 0 Å². The number of hydrogen-bond acceptors (Lipinski definition) is 12. The van der Waals surface area contributed by atoms with Crippen LogP contribution in [0.15, 0.2) is 89.1 Å². The van der Waals surface area contributed by atoms with E-state index < -0.39 is 11.9 Å². The molecule has 4 aromatic rings. The molecule has 0 atom stereocenters. The van der Waals surface area contributed by atoms with Gasteiger partial charge in [-0.15, -0.1) is 0 Å². The monoisotopic (exact) mass is 581 g/mol. The molecule has 3 N–H and O–H groups in total. The molecule has 0 amide bonds. The Morgan fingerprint density at radius 1 is 0.651 bits per heavy atom. The van der Waals surface area contributed by atoms with Gasteiger partial charge in [0.1, 0.15) is 5.75 Å². The summed E-state index contributed by atoms with van der Waals surface area (Å²) in [5.74, 6) is 0.833. The minimum atomic E-state index is -0.411. The summed E-state index contributed by atoms with van der Waals surface area (Å²) in [6, 6.07) is 22.9. The van der Waals surface area contributed by atoms with Gasteiger partial charge in [-0.3, -0.25) is 10.9 Å². The number of rotatable bonds is 11. The molecule has 0 saturated carbocycles. The van der Waals surface area contributed by atoms with Crippen LogP contribution in [0.5, 0.6) is 5.75 Å². The standard InChI is InChI=1S/C31H31N7O5/c1-19(21-10-14-23(15-11-21)29(39)42-4)35-37-27-18-28(34-31(33-27)32-25-8-6-7-9-26(25)41-3)38-36-20(2)22-12-16-24(17-13-22)30(40)43-5/h6-18H,1-5H3,(H3,32,33,34,37,38). The number of carbonyl (C=O) groups excluding carboxylic acids is 2. The Hall–Kier alpha value is -5.78. The molecule has 3 aromatic carbocycles. The number of aromatic nitrogens is 2. The summed E-state index contributed by atoms with van der Waals surface area (Å²) in [7, 11) is 4.26. The van der Waals surface area contributed by atoms with E-state index in [-0.39, 0.29) is 5.95 Å². The van der Waals surface area contributed by atoms with Crippen LogP contribution in [0.3, 0.4) is 0 Å². The number of methoxy groups -OCH3 is 3. The largest absolute Gasteiger partial charge is 0.495 e. The first kappa shape index (κ1) is 30.2. The Morgan fingerprint density at radius 3 is 1.53 bits per heavy atom. The molecule has 4 rings (SSSR count). The highest BCUT2D eigenvalue weighted by molar-refractivity contribution is 6.01. The van der Waals surface area contributed by atoms with Gasteiger partial charge in [-0.25, -0.2) is 9.59 Å². The van der Waals surface area contributed by atoms with Crippen molar-refractivity contribution in [1.29, 1.82) is 0 Å². The molecule has 0 radical (unpaired) electrons. The molecule has 0 fully saturated rings. The van der Waals surface area contributed by atoms with Crippen molar-refractivity contribution in [1.82, 2.24) is 9.97 Å². The van der Waals surface area contributed by atoms with Gasteiger partial charge in [-0.2, -0.15) is 20.2 Å². The van der Waals surface area contributed by atoms with Gasteiger partial charge in [0.2, 0.25) is 5.95 Å². The molecule has 0 aliphatic carbocycles. The molecule has 220 valence electrons. The molecular formula is C31H31N7O5. The number of hydrazone groups is 2. The number of esters is 2. The van der Waals surface area contributed by atoms with Gasteiger partial charge in [0.05, 0.1) is 49.6 Å². The number of para-hydroxylation sites is 2. The predicted molar refractivity (Wildman–Crippen MR) is 166 cm³/mol. The Kier molecular flexibility index (Phi) is 9.98. The molecule has 1 aromatic heterocycles. The van der Waals surface area contributed by atoms with E-state index in [9.17, 15) is 9.59 Å². The van der Waals surface area contributed by atoms with Crippen LogP contribution in [0.1, 0.15) is 45.7 Å². The maximum Gasteiger partial charge on any atom is 0.337 e. The van der Waals surface area contributed by atoms with Crippen molar-refractivity contribution in [2.75, 3.05) is 37.5 Å². The van der Waals surface area contributed by atoms with Crippen molar-refractivity contribution in [3.05, 3.63) is 101 Å². The van der Waals surface area contributed by atoms with Gasteiger partial charge in [0, 0.05) is 6.07 Å². The Labute approximate surface area is 248 Å².